The van der Waals surface area contributed by atoms with Crippen LogP contribution in [0.5, 0.6) is 0 Å². The number of halogens is 2. The van der Waals surface area contributed by atoms with E-state index in [0.717, 1.165) is 25.9 Å². The molecule has 0 aromatic carbocycles. The number of nitrogens with one attached hydrogen (secondary N) is 1. The van der Waals surface area contributed by atoms with E-state index in [0.29, 0.717) is 28.8 Å². The van der Waals surface area contributed by atoms with Crippen LogP contribution in [0.25, 0.3) is 0 Å². The number of hydrogen-bond acceptors (Lipinski definition) is 4. The van der Waals surface area contributed by atoms with Crippen LogP contribution in [0.4, 0.5) is 11.6 Å². The first-order valence-electron chi connectivity index (χ1n) is 6.71. The van der Waals surface area contributed by atoms with Crippen LogP contribution in [-0.4, -0.2) is 35.4 Å². The van der Waals surface area contributed by atoms with Crippen LogP contribution in [0.1, 0.15) is 25.7 Å². The van der Waals surface area contributed by atoms with E-state index in [2.05, 4.69) is 10.3 Å². The molecule has 1 aliphatic rings. The Morgan fingerprint density at radius 3 is 2.70 bits per heavy atom. The Bertz CT molecular complexity index is 490. The zero-order valence-corrected chi connectivity index (χ0v) is 12.7. The zero-order valence-electron chi connectivity index (χ0n) is 11.2. The average Bonchev–Trinajstić information content (AvgIpc) is 2.45. The van der Waals surface area contributed by atoms with Crippen LogP contribution < -0.4 is 11.1 Å². The Kier molecular flexibility index (Phi) is 5.31. The lowest BCUT2D eigenvalue weighted by Crippen LogP contribution is -2.36. The van der Waals surface area contributed by atoms with Crippen molar-refractivity contribution in [1.82, 2.24) is 9.88 Å². The highest BCUT2D eigenvalue weighted by Gasteiger charge is 2.16. The second-order valence-electron chi connectivity index (χ2n) is 4.80. The van der Waals surface area contributed by atoms with Gasteiger partial charge in [-0.05, 0) is 25.3 Å². The predicted octanol–water partition coefficient (Wildman–Crippen LogP) is 2.79. The van der Waals surface area contributed by atoms with Gasteiger partial charge in [-0.3, -0.25) is 4.79 Å². The summed E-state index contributed by atoms with van der Waals surface area (Å²) < 4.78 is 0. The molecule has 1 fully saturated rings. The summed E-state index contributed by atoms with van der Waals surface area (Å²) in [5, 5.41) is 3.74. The molecule has 20 heavy (non-hydrogen) atoms. The molecule has 0 atom stereocenters. The molecule has 2 heterocycles. The third-order valence-electron chi connectivity index (χ3n) is 3.30. The standard InChI is InChI=1S/C13H18Cl2N4O/c14-9-8-10(15)13(18-12(9)16)17-5-4-11(20)19-6-2-1-3-7-19/h8H,1-7H2,(H3,16,17,18). The molecule has 0 bridgehead atoms. The highest BCUT2D eigenvalue weighted by atomic mass is 35.5. The molecule has 0 spiro atoms. The number of amides is 1. The zero-order chi connectivity index (χ0) is 14.5. The van der Waals surface area contributed by atoms with Crippen molar-refractivity contribution in [3.8, 4) is 0 Å². The topological polar surface area (TPSA) is 71.2 Å². The Labute approximate surface area is 128 Å². The predicted molar refractivity (Wildman–Crippen MR) is 82.2 cm³/mol. The minimum Gasteiger partial charge on any atom is -0.382 e. The van der Waals surface area contributed by atoms with Crippen molar-refractivity contribution in [1.29, 1.82) is 0 Å². The van der Waals surface area contributed by atoms with Crippen LogP contribution in [0.15, 0.2) is 6.07 Å². The number of nitrogens with zero attached hydrogens (tertiary/aromatic N) is 2. The van der Waals surface area contributed by atoms with Gasteiger partial charge in [-0.25, -0.2) is 4.98 Å². The first-order valence-corrected chi connectivity index (χ1v) is 7.46. The number of carbonyl (C=O) groups is 1. The van der Waals surface area contributed by atoms with Gasteiger partial charge in [0.1, 0.15) is 11.6 Å². The monoisotopic (exact) mass is 316 g/mol. The largest absolute Gasteiger partial charge is 0.382 e. The number of likely N-dealkylation sites (tertiary alicyclic amines) is 1. The lowest BCUT2D eigenvalue weighted by atomic mass is 10.1. The molecule has 7 heteroatoms. The van der Waals surface area contributed by atoms with E-state index in [1.54, 1.807) is 6.07 Å². The number of hydrogen-bond donors (Lipinski definition) is 2. The average molecular weight is 317 g/mol. The fraction of sp³-hybridized carbons (Fsp3) is 0.538. The molecule has 110 valence electrons. The molecule has 3 N–H and O–H groups in total. The summed E-state index contributed by atoms with van der Waals surface area (Å²) in [6, 6.07) is 1.54. The Hall–Kier alpha value is -1.20. The molecule has 1 aliphatic heterocycles. The Morgan fingerprint density at radius 2 is 2.00 bits per heavy atom. The smallest absolute Gasteiger partial charge is 0.224 e. The minimum absolute atomic E-state index is 0.162. The van der Waals surface area contributed by atoms with Gasteiger partial charge in [0.25, 0.3) is 0 Å². The second-order valence-corrected chi connectivity index (χ2v) is 5.62. The molecular formula is C13H18Cl2N4O. The SMILES string of the molecule is Nc1nc(NCCC(=O)N2CCCCC2)c(Cl)cc1Cl. The van der Waals surface area contributed by atoms with Gasteiger partial charge >= 0.3 is 0 Å². The van der Waals surface area contributed by atoms with E-state index >= 15 is 0 Å². The lowest BCUT2D eigenvalue weighted by Gasteiger charge is -2.26. The van der Waals surface area contributed by atoms with Gasteiger partial charge < -0.3 is 16.0 Å². The third kappa shape index (κ3) is 3.90. The fourth-order valence-corrected chi connectivity index (χ4v) is 2.62. The molecule has 1 aromatic heterocycles. The van der Waals surface area contributed by atoms with Gasteiger partial charge in [0, 0.05) is 26.1 Å². The first kappa shape index (κ1) is 15.2. The van der Waals surface area contributed by atoms with E-state index in [4.69, 9.17) is 28.9 Å². The molecule has 0 radical (unpaired) electrons. The number of piperidine rings is 1. The molecule has 0 aliphatic carbocycles. The van der Waals surface area contributed by atoms with Crippen molar-refractivity contribution >= 4 is 40.7 Å². The van der Waals surface area contributed by atoms with E-state index in [9.17, 15) is 4.79 Å². The van der Waals surface area contributed by atoms with Crippen molar-refractivity contribution < 1.29 is 4.79 Å². The summed E-state index contributed by atoms with van der Waals surface area (Å²) in [7, 11) is 0. The van der Waals surface area contributed by atoms with Gasteiger partial charge in [-0.15, -0.1) is 0 Å². The second kappa shape index (κ2) is 6.99. The molecule has 1 saturated heterocycles. The van der Waals surface area contributed by atoms with Gasteiger partial charge in [-0.2, -0.15) is 0 Å². The quantitative estimate of drug-likeness (QED) is 0.896. The number of nitrogens with two attached hydrogens (primary N) is 1. The normalized spacial score (nSPS) is 15.2. The number of rotatable bonds is 4. The molecule has 1 aromatic rings. The molecule has 1 amide bonds. The van der Waals surface area contributed by atoms with E-state index in [1.807, 2.05) is 4.90 Å². The molecular weight excluding hydrogens is 299 g/mol. The van der Waals surface area contributed by atoms with Crippen LogP contribution in [0.2, 0.25) is 10.0 Å². The van der Waals surface area contributed by atoms with Crippen molar-refractivity contribution in [3.05, 3.63) is 16.1 Å². The van der Waals surface area contributed by atoms with Crippen molar-refractivity contribution in [2.45, 2.75) is 25.7 Å². The maximum Gasteiger partial charge on any atom is 0.224 e. The van der Waals surface area contributed by atoms with Crippen LogP contribution >= 0.6 is 23.2 Å². The summed E-state index contributed by atoms with van der Waals surface area (Å²) in [6.07, 6.45) is 3.83. The highest BCUT2D eigenvalue weighted by Crippen LogP contribution is 2.27. The van der Waals surface area contributed by atoms with Gasteiger partial charge in [-0.1, -0.05) is 23.2 Å². The minimum atomic E-state index is 0.162. The van der Waals surface area contributed by atoms with E-state index in [-0.39, 0.29) is 11.7 Å². The fourth-order valence-electron chi connectivity index (χ4n) is 2.19. The lowest BCUT2D eigenvalue weighted by molar-refractivity contribution is -0.131. The van der Waals surface area contributed by atoms with Gasteiger partial charge in [0.2, 0.25) is 5.91 Å². The maximum absolute atomic E-state index is 12.0. The number of carbonyl (C=O) groups excluding carboxylic acids is 1. The maximum atomic E-state index is 12.0. The number of aromatic nitrogens is 1. The summed E-state index contributed by atoms with van der Waals surface area (Å²) >= 11 is 11.8. The molecule has 2 rings (SSSR count). The van der Waals surface area contributed by atoms with Crippen molar-refractivity contribution in [3.63, 3.8) is 0 Å². The summed E-state index contributed by atoms with van der Waals surface area (Å²) in [6.45, 7) is 2.21. The summed E-state index contributed by atoms with van der Waals surface area (Å²) in [5.74, 6) is 0.844. The van der Waals surface area contributed by atoms with Crippen LogP contribution in [0.3, 0.4) is 0 Å². The Balaban J connectivity index is 1.83. The first-order chi connectivity index (χ1) is 9.58. The summed E-state index contributed by atoms with van der Waals surface area (Å²) in [5.41, 5.74) is 5.62. The van der Waals surface area contributed by atoms with E-state index < -0.39 is 0 Å². The molecule has 0 saturated carbocycles. The number of anilines is 2. The summed E-state index contributed by atoms with van der Waals surface area (Å²) in [4.78, 5) is 18.0. The van der Waals surface area contributed by atoms with Crippen LogP contribution in [-0.2, 0) is 4.79 Å². The van der Waals surface area contributed by atoms with Crippen molar-refractivity contribution in [2.75, 3.05) is 30.7 Å². The molecule has 0 unspecified atom stereocenters. The third-order valence-corrected chi connectivity index (χ3v) is 3.89. The van der Waals surface area contributed by atoms with Crippen LogP contribution in [0, 0.1) is 0 Å². The number of pyridine rings is 1. The van der Waals surface area contributed by atoms with E-state index in [1.165, 1.54) is 6.42 Å². The van der Waals surface area contributed by atoms with Gasteiger partial charge in [0.15, 0.2) is 0 Å². The van der Waals surface area contributed by atoms with Crippen molar-refractivity contribution in [2.24, 2.45) is 0 Å². The highest BCUT2D eigenvalue weighted by molar-refractivity contribution is 6.37. The molecule has 5 nitrogen and oxygen atoms in total. The number of nitrogen functional groups attached to an aromatic ring is 1. The van der Waals surface area contributed by atoms with Gasteiger partial charge in [0.05, 0.1) is 10.0 Å². The Morgan fingerprint density at radius 1 is 1.30 bits per heavy atom.